The third kappa shape index (κ3) is 4.54. The number of nitrogens with one attached hydrogen (secondary N) is 1. The smallest absolute Gasteiger partial charge is 0.0790 e. The van der Waals surface area contributed by atoms with Crippen LogP contribution < -0.4 is 11.1 Å². The maximum atomic E-state index is 9.45. The first-order valence-electron chi connectivity index (χ1n) is 5.09. The highest BCUT2D eigenvalue weighted by molar-refractivity contribution is 14.1. The lowest BCUT2D eigenvalue weighted by molar-refractivity contribution is 0.0615. The number of methoxy groups -OCH3 is 1. The zero-order valence-corrected chi connectivity index (χ0v) is 11.4. The molecule has 0 heterocycles. The Morgan fingerprint density at radius 1 is 1.56 bits per heavy atom. The Bertz CT molecular complexity index is 334. The van der Waals surface area contributed by atoms with E-state index >= 15 is 0 Å². The number of benzene rings is 1. The lowest BCUT2D eigenvalue weighted by Crippen LogP contribution is -2.18. The molecular weight excluding hydrogens is 319 g/mol. The third-order valence-corrected chi connectivity index (χ3v) is 3.04. The summed E-state index contributed by atoms with van der Waals surface area (Å²) in [5.74, 6) is 0. The van der Waals surface area contributed by atoms with Crippen molar-refractivity contribution in [1.29, 1.82) is 0 Å². The third-order valence-electron chi connectivity index (χ3n) is 2.15. The lowest BCUT2D eigenvalue weighted by atomic mass is 10.2. The molecule has 90 valence electrons. The molecule has 1 aromatic rings. The number of hydrogen-bond donors (Lipinski definition) is 3. The summed E-state index contributed by atoms with van der Waals surface area (Å²) in [4.78, 5) is 0. The average molecular weight is 336 g/mol. The summed E-state index contributed by atoms with van der Waals surface area (Å²) in [6.07, 6.45) is 0.248. The monoisotopic (exact) mass is 336 g/mol. The van der Waals surface area contributed by atoms with Crippen LogP contribution in [0.25, 0.3) is 0 Å². The molecule has 1 atom stereocenters. The van der Waals surface area contributed by atoms with Crippen LogP contribution in [0.5, 0.6) is 0 Å². The Kier molecular flexibility index (Phi) is 5.86. The van der Waals surface area contributed by atoms with Crippen LogP contribution in [0.4, 0.5) is 11.4 Å². The number of nitrogen functional groups attached to an aromatic ring is 1. The standard InChI is InChI=1S/C11H17IN2O2/c1-16-7-9(15)4-5-14-11-3-2-8(13)6-10(11)12/h2-3,6,9,14-15H,4-5,7,13H2,1H3. The SMILES string of the molecule is COCC(O)CCNc1ccc(N)cc1I. The van der Waals surface area contributed by atoms with Gasteiger partial charge in [-0.15, -0.1) is 0 Å². The van der Waals surface area contributed by atoms with Gasteiger partial charge >= 0.3 is 0 Å². The highest BCUT2D eigenvalue weighted by Crippen LogP contribution is 2.20. The first-order valence-corrected chi connectivity index (χ1v) is 6.17. The number of hydrogen-bond acceptors (Lipinski definition) is 4. The quantitative estimate of drug-likeness (QED) is 0.546. The number of aliphatic hydroxyl groups is 1. The normalized spacial score (nSPS) is 12.4. The number of anilines is 2. The molecule has 5 heteroatoms. The number of rotatable bonds is 6. The van der Waals surface area contributed by atoms with E-state index in [0.29, 0.717) is 19.6 Å². The molecule has 0 aliphatic rings. The van der Waals surface area contributed by atoms with Gasteiger partial charge in [0.15, 0.2) is 0 Å². The zero-order chi connectivity index (χ0) is 12.0. The van der Waals surface area contributed by atoms with E-state index in [4.69, 9.17) is 10.5 Å². The van der Waals surface area contributed by atoms with Gasteiger partial charge in [0, 0.05) is 28.6 Å². The molecule has 0 radical (unpaired) electrons. The van der Waals surface area contributed by atoms with Gasteiger partial charge in [0.1, 0.15) is 0 Å². The number of ether oxygens (including phenoxy) is 1. The Hall–Kier alpha value is -0.530. The first kappa shape index (κ1) is 13.5. The summed E-state index contributed by atoms with van der Waals surface area (Å²) < 4.78 is 5.93. The molecule has 16 heavy (non-hydrogen) atoms. The van der Waals surface area contributed by atoms with Crippen LogP contribution in [-0.2, 0) is 4.74 Å². The Morgan fingerprint density at radius 2 is 2.31 bits per heavy atom. The zero-order valence-electron chi connectivity index (χ0n) is 9.24. The van der Waals surface area contributed by atoms with E-state index in [9.17, 15) is 5.11 Å². The summed E-state index contributed by atoms with van der Waals surface area (Å²) in [6.45, 7) is 1.09. The van der Waals surface area contributed by atoms with Gasteiger partial charge in [0.2, 0.25) is 0 Å². The van der Waals surface area contributed by atoms with Crippen LogP contribution in [0, 0.1) is 3.57 Å². The average Bonchev–Trinajstić information content (AvgIpc) is 2.22. The molecule has 1 rings (SSSR count). The Morgan fingerprint density at radius 3 is 2.94 bits per heavy atom. The minimum atomic E-state index is -0.413. The second-order valence-corrected chi connectivity index (χ2v) is 4.73. The van der Waals surface area contributed by atoms with Crippen molar-refractivity contribution >= 4 is 34.0 Å². The van der Waals surface area contributed by atoms with Crippen molar-refractivity contribution in [2.45, 2.75) is 12.5 Å². The second-order valence-electron chi connectivity index (χ2n) is 3.56. The molecule has 0 aliphatic heterocycles. The molecule has 0 spiro atoms. The van der Waals surface area contributed by atoms with Gasteiger partial charge in [-0.1, -0.05) is 0 Å². The van der Waals surface area contributed by atoms with E-state index in [0.717, 1.165) is 14.9 Å². The predicted octanol–water partition coefficient (Wildman–Crippen LogP) is 1.68. The van der Waals surface area contributed by atoms with Crippen LogP contribution in [0.3, 0.4) is 0 Å². The Labute approximate surface area is 109 Å². The van der Waals surface area contributed by atoms with E-state index in [1.54, 1.807) is 7.11 Å². The summed E-state index contributed by atoms with van der Waals surface area (Å²) in [5.41, 5.74) is 7.45. The molecule has 1 aromatic carbocycles. The van der Waals surface area contributed by atoms with Gasteiger partial charge in [-0.05, 0) is 47.2 Å². The van der Waals surface area contributed by atoms with Gasteiger partial charge in [-0.3, -0.25) is 0 Å². The van der Waals surface area contributed by atoms with Crippen LogP contribution in [0.1, 0.15) is 6.42 Å². The van der Waals surface area contributed by atoms with Crippen molar-refractivity contribution in [3.8, 4) is 0 Å². The predicted molar refractivity (Wildman–Crippen MR) is 74.6 cm³/mol. The molecule has 0 aromatic heterocycles. The van der Waals surface area contributed by atoms with Crippen LogP contribution >= 0.6 is 22.6 Å². The minimum Gasteiger partial charge on any atom is -0.399 e. The Balaban J connectivity index is 2.37. The largest absolute Gasteiger partial charge is 0.399 e. The summed E-state index contributed by atoms with van der Waals surface area (Å²) in [6, 6.07) is 5.71. The fraction of sp³-hybridized carbons (Fsp3) is 0.455. The van der Waals surface area contributed by atoms with E-state index < -0.39 is 6.10 Å². The topological polar surface area (TPSA) is 67.5 Å². The minimum absolute atomic E-state index is 0.376. The summed E-state index contributed by atoms with van der Waals surface area (Å²) >= 11 is 2.23. The fourth-order valence-corrected chi connectivity index (χ4v) is 2.05. The summed E-state index contributed by atoms with van der Waals surface area (Å²) in [5, 5.41) is 12.7. The van der Waals surface area contributed by atoms with E-state index in [-0.39, 0.29) is 0 Å². The molecule has 4 N–H and O–H groups in total. The summed E-state index contributed by atoms with van der Waals surface area (Å²) in [7, 11) is 1.58. The van der Waals surface area contributed by atoms with Gasteiger partial charge in [0.25, 0.3) is 0 Å². The lowest BCUT2D eigenvalue weighted by Gasteiger charge is -2.12. The van der Waals surface area contributed by atoms with Crippen molar-refractivity contribution in [2.75, 3.05) is 31.3 Å². The van der Waals surface area contributed by atoms with E-state index in [1.807, 2.05) is 18.2 Å². The first-order chi connectivity index (χ1) is 7.63. The highest BCUT2D eigenvalue weighted by atomic mass is 127. The number of halogens is 1. The van der Waals surface area contributed by atoms with Crippen molar-refractivity contribution < 1.29 is 9.84 Å². The molecule has 0 saturated carbocycles. The van der Waals surface area contributed by atoms with Crippen LogP contribution in [-0.4, -0.2) is 31.5 Å². The maximum Gasteiger partial charge on any atom is 0.0790 e. The molecule has 0 aliphatic carbocycles. The van der Waals surface area contributed by atoms with Gasteiger partial charge in [-0.2, -0.15) is 0 Å². The second kappa shape index (κ2) is 6.93. The van der Waals surface area contributed by atoms with Crippen molar-refractivity contribution in [1.82, 2.24) is 0 Å². The molecule has 1 unspecified atom stereocenters. The van der Waals surface area contributed by atoms with Crippen LogP contribution in [0.15, 0.2) is 18.2 Å². The molecule has 4 nitrogen and oxygen atoms in total. The molecule has 0 fully saturated rings. The molecule has 0 saturated heterocycles. The number of nitrogens with two attached hydrogens (primary N) is 1. The van der Waals surface area contributed by atoms with Gasteiger partial charge in [-0.25, -0.2) is 0 Å². The van der Waals surface area contributed by atoms with Gasteiger partial charge in [0.05, 0.1) is 12.7 Å². The molecule has 0 bridgehead atoms. The molecular formula is C11H17IN2O2. The maximum absolute atomic E-state index is 9.45. The van der Waals surface area contributed by atoms with Crippen molar-refractivity contribution in [2.24, 2.45) is 0 Å². The highest BCUT2D eigenvalue weighted by Gasteiger charge is 2.04. The van der Waals surface area contributed by atoms with E-state index in [2.05, 4.69) is 27.9 Å². The van der Waals surface area contributed by atoms with Crippen molar-refractivity contribution in [3.63, 3.8) is 0 Å². The molecule has 0 amide bonds. The fourth-order valence-electron chi connectivity index (χ4n) is 1.32. The number of aliphatic hydroxyl groups excluding tert-OH is 1. The van der Waals surface area contributed by atoms with Crippen molar-refractivity contribution in [3.05, 3.63) is 21.8 Å². The van der Waals surface area contributed by atoms with Crippen LogP contribution in [0.2, 0.25) is 0 Å². The van der Waals surface area contributed by atoms with E-state index in [1.165, 1.54) is 0 Å². The van der Waals surface area contributed by atoms with Gasteiger partial charge < -0.3 is 20.9 Å².